The van der Waals surface area contributed by atoms with Crippen LogP contribution in [0.3, 0.4) is 0 Å². The highest BCUT2D eigenvalue weighted by Gasteiger charge is 2.17. The Bertz CT molecular complexity index is 295. The average Bonchev–Trinajstić information content (AvgIpc) is 2.68. The summed E-state index contributed by atoms with van der Waals surface area (Å²) in [7, 11) is 0. The molecule has 15 heavy (non-hydrogen) atoms. The second-order valence-electron chi connectivity index (χ2n) is 3.74. The van der Waals surface area contributed by atoms with Gasteiger partial charge >= 0.3 is 6.01 Å². The number of anilines is 1. The minimum absolute atomic E-state index is 0.269. The monoisotopic (exact) mass is 211 g/mol. The van der Waals surface area contributed by atoms with Crippen LogP contribution in [-0.2, 0) is 11.2 Å². The van der Waals surface area contributed by atoms with E-state index in [-0.39, 0.29) is 6.10 Å². The Balaban J connectivity index is 1.86. The van der Waals surface area contributed by atoms with Gasteiger partial charge in [-0.1, -0.05) is 5.16 Å². The van der Waals surface area contributed by atoms with Crippen LogP contribution in [0.5, 0.6) is 0 Å². The highest BCUT2D eigenvalue weighted by atomic mass is 16.5. The van der Waals surface area contributed by atoms with E-state index in [4.69, 9.17) is 9.26 Å². The first-order chi connectivity index (χ1) is 7.38. The van der Waals surface area contributed by atoms with Crippen molar-refractivity contribution < 1.29 is 9.26 Å². The molecule has 1 N–H and O–H groups in total. The number of nitrogens with zero attached hydrogens (tertiary/aromatic N) is 2. The molecule has 1 unspecified atom stereocenters. The molecule has 1 aromatic heterocycles. The first-order valence-electron chi connectivity index (χ1n) is 5.56. The molecule has 0 saturated carbocycles. The molecule has 1 fully saturated rings. The summed E-state index contributed by atoms with van der Waals surface area (Å²) in [6, 6.07) is 0.503. The van der Waals surface area contributed by atoms with E-state index in [1.54, 1.807) is 0 Å². The lowest BCUT2D eigenvalue weighted by molar-refractivity contribution is 0.0153. The summed E-state index contributed by atoms with van der Waals surface area (Å²) < 4.78 is 10.6. The lowest BCUT2D eigenvalue weighted by Crippen LogP contribution is -2.21. The molecule has 0 bridgehead atoms. The van der Waals surface area contributed by atoms with Gasteiger partial charge in [0.1, 0.15) is 0 Å². The normalized spacial score (nSPS) is 21.5. The van der Waals surface area contributed by atoms with Gasteiger partial charge in [0.25, 0.3) is 0 Å². The van der Waals surface area contributed by atoms with Gasteiger partial charge < -0.3 is 14.6 Å². The summed E-state index contributed by atoms with van der Waals surface area (Å²) in [5.41, 5.74) is 0. The maximum absolute atomic E-state index is 5.61. The first kappa shape index (κ1) is 10.4. The number of hydrogen-bond acceptors (Lipinski definition) is 5. The van der Waals surface area contributed by atoms with Gasteiger partial charge in [-0.3, -0.25) is 0 Å². The van der Waals surface area contributed by atoms with Crippen LogP contribution in [0.25, 0.3) is 0 Å². The van der Waals surface area contributed by atoms with Crippen LogP contribution in [0.2, 0.25) is 0 Å². The molecule has 0 aliphatic carbocycles. The maximum Gasteiger partial charge on any atom is 0.321 e. The van der Waals surface area contributed by atoms with Gasteiger partial charge in [-0.25, -0.2) is 0 Å². The lowest BCUT2D eigenvalue weighted by Gasteiger charge is -2.20. The number of hydrogen-bond donors (Lipinski definition) is 1. The smallest absolute Gasteiger partial charge is 0.321 e. The lowest BCUT2D eigenvalue weighted by atomic mass is 10.1. The summed E-state index contributed by atoms with van der Waals surface area (Å²) in [5.74, 6) is 0.734. The maximum atomic E-state index is 5.61. The molecule has 1 aliphatic heterocycles. The third-order valence-electron chi connectivity index (χ3n) is 2.48. The zero-order valence-electron chi connectivity index (χ0n) is 9.03. The van der Waals surface area contributed by atoms with Crippen LogP contribution >= 0.6 is 0 Å². The Kier molecular flexibility index (Phi) is 3.55. The van der Waals surface area contributed by atoms with E-state index in [1.807, 2.05) is 6.92 Å². The second kappa shape index (κ2) is 5.11. The quantitative estimate of drug-likeness (QED) is 0.819. The van der Waals surface area contributed by atoms with Gasteiger partial charge in [0.05, 0.1) is 6.10 Å². The number of nitrogens with one attached hydrogen (secondary N) is 1. The molecular weight excluding hydrogens is 194 g/mol. The van der Waals surface area contributed by atoms with Crippen LogP contribution in [0, 0.1) is 0 Å². The van der Waals surface area contributed by atoms with E-state index < -0.39 is 0 Å². The third-order valence-corrected chi connectivity index (χ3v) is 2.48. The van der Waals surface area contributed by atoms with Crippen molar-refractivity contribution in [3.8, 4) is 0 Å². The average molecular weight is 211 g/mol. The predicted octanol–water partition coefficient (Wildman–Crippen LogP) is 1.61. The highest BCUT2D eigenvalue weighted by Crippen LogP contribution is 2.16. The minimum Gasteiger partial charge on any atom is -0.378 e. The summed E-state index contributed by atoms with van der Waals surface area (Å²) in [5, 5.41) is 6.88. The third kappa shape index (κ3) is 2.92. The minimum atomic E-state index is 0.269. The fraction of sp³-hybridized carbons (Fsp3) is 0.800. The molecule has 0 aromatic carbocycles. The summed E-state index contributed by atoms with van der Waals surface area (Å²) >= 11 is 0. The topological polar surface area (TPSA) is 60.2 Å². The molecule has 5 nitrogen and oxygen atoms in total. The molecule has 1 atom stereocenters. The van der Waals surface area contributed by atoms with Crippen LogP contribution in [0.15, 0.2) is 4.52 Å². The van der Waals surface area contributed by atoms with E-state index in [0.29, 0.717) is 6.01 Å². The largest absolute Gasteiger partial charge is 0.378 e. The van der Waals surface area contributed by atoms with Gasteiger partial charge in [-0.05, 0) is 26.2 Å². The molecule has 0 amide bonds. The van der Waals surface area contributed by atoms with E-state index >= 15 is 0 Å². The summed E-state index contributed by atoms with van der Waals surface area (Å²) in [6.07, 6.45) is 4.54. The van der Waals surface area contributed by atoms with Crippen molar-refractivity contribution in [2.75, 3.05) is 18.5 Å². The zero-order valence-corrected chi connectivity index (χ0v) is 9.03. The molecule has 2 rings (SSSR count). The number of rotatable bonds is 4. The second-order valence-corrected chi connectivity index (χ2v) is 3.74. The molecule has 1 saturated heterocycles. The highest BCUT2D eigenvalue weighted by molar-refractivity contribution is 5.17. The van der Waals surface area contributed by atoms with Crippen molar-refractivity contribution in [3.63, 3.8) is 0 Å². The molecule has 5 heteroatoms. The first-order valence-corrected chi connectivity index (χ1v) is 5.56. The molecule has 1 aromatic rings. The van der Waals surface area contributed by atoms with Gasteiger partial charge in [-0.15, -0.1) is 0 Å². The van der Waals surface area contributed by atoms with Crippen molar-refractivity contribution in [2.45, 2.75) is 38.7 Å². The van der Waals surface area contributed by atoms with Crippen molar-refractivity contribution in [2.24, 2.45) is 0 Å². The van der Waals surface area contributed by atoms with E-state index in [2.05, 4.69) is 15.5 Å². The molecule has 2 heterocycles. The predicted molar refractivity (Wildman–Crippen MR) is 55.8 cm³/mol. The Morgan fingerprint density at radius 2 is 2.40 bits per heavy atom. The molecule has 0 spiro atoms. The van der Waals surface area contributed by atoms with E-state index in [0.717, 1.165) is 31.8 Å². The van der Waals surface area contributed by atoms with Crippen LogP contribution < -0.4 is 5.32 Å². The van der Waals surface area contributed by atoms with Crippen LogP contribution in [0.1, 0.15) is 32.0 Å². The fourth-order valence-corrected chi connectivity index (χ4v) is 1.73. The SMILES string of the molecule is CCNc1nc(CC2CCCCO2)no1. The van der Waals surface area contributed by atoms with Gasteiger partial charge in [0.2, 0.25) is 0 Å². The summed E-state index contributed by atoms with van der Waals surface area (Å²) in [4.78, 5) is 4.23. The molecule has 1 aliphatic rings. The van der Waals surface area contributed by atoms with Crippen LogP contribution in [0.4, 0.5) is 6.01 Å². The van der Waals surface area contributed by atoms with Crippen molar-refractivity contribution >= 4 is 6.01 Å². The molecular formula is C10H17N3O2. The molecule has 84 valence electrons. The zero-order chi connectivity index (χ0) is 10.5. The Morgan fingerprint density at radius 3 is 3.13 bits per heavy atom. The Morgan fingerprint density at radius 1 is 1.47 bits per heavy atom. The van der Waals surface area contributed by atoms with E-state index in [1.165, 1.54) is 12.8 Å². The standard InChI is InChI=1S/C10H17N3O2/c1-2-11-10-12-9(13-15-10)7-8-5-3-4-6-14-8/h8H,2-7H2,1H3,(H,11,12,13). The fourth-order valence-electron chi connectivity index (χ4n) is 1.73. The van der Waals surface area contributed by atoms with Gasteiger partial charge in [0, 0.05) is 19.6 Å². The van der Waals surface area contributed by atoms with Gasteiger partial charge in [-0.2, -0.15) is 4.98 Å². The number of aromatic nitrogens is 2. The van der Waals surface area contributed by atoms with E-state index in [9.17, 15) is 0 Å². The van der Waals surface area contributed by atoms with Crippen LogP contribution in [-0.4, -0.2) is 29.4 Å². The van der Waals surface area contributed by atoms with Crippen molar-refractivity contribution in [3.05, 3.63) is 5.82 Å². The Hall–Kier alpha value is -1.10. The van der Waals surface area contributed by atoms with Crippen molar-refractivity contribution in [1.29, 1.82) is 0 Å². The molecule has 0 radical (unpaired) electrons. The Labute approximate surface area is 89.2 Å². The van der Waals surface area contributed by atoms with Crippen molar-refractivity contribution in [1.82, 2.24) is 10.1 Å². The summed E-state index contributed by atoms with van der Waals surface area (Å²) in [6.45, 7) is 3.65. The van der Waals surface area contributed by atoms with Gasteiger partial charge in [0.15, 0.2) is 5.82 Å². The number of ether oxygens (including phenoxy) is 1.